The Kier molecular flexibility index (Phi) is 6.46. The molecule has 0 unspecified atom stereocenters. The van der Waals surface area contributed by atoms with Crippen molar-refractivity contribution in [2.24, 2.45) is 0 Å². The van der Waals surface area contributed by atoms with Gasteiger partial charge in [-0.2, -0.15) is 0 Å². The van der Waals surface area contributed by atoms with E-state index in [1.165, 1.54) is 6.08 Å². The number of hydrogen-bond donors (Lipinski definition) is 1. The average molecular weight is 616 g/mol. The maximum absolute atomic E-state index is 15.3. The molecule has 2 aliphatic heterocycles. The molecule has 5 aromatic carbocycles. The SMILES string of the molecule is Cc1ccc2c(c1)[C@]1(C(=O)c3ccccc3C3=C1/C(=C/C(=O)c1ccccc1)[C@@](O)(c1ccccc1)O3)C(=O)N2Cc1ccccc1. The predicted molar refractivity (Wildman–Crippen MR) is 178 cm³/mol. The van der Waals surface area contributed by atoms with Gasteiger partial charge in [0.1, 0.15) is 5.76 Å². The van der Waals surface area contributed by atoms with Crippen molar-refractivity contribution in [1.29, 1.82) is 0 Å². The lowest BCUT2D eigenvalue weighted by molar-refractivity contribution is -0.121. The van der Waals surface area contributed by atoms with E-state index in [-0.39, 0.29) is 23.5 Å². The third-order valence-electron chi connectivity index (χ3n) is 9.34. The highest BCUT2D eigenvalue weighted by molar-refractivity contribution is 6.33. The molecular formula is C41H29NO5. The highest BCUT2D eigenvalue weighted by Gasteiger charge is 2.67. The summed E-state index contributed by atoms with van der Waals surface area (Å²) in [6.07, 6.45) is 1.33. The number of ether oxygens (including phenoxy) is 1. The lowest BCUT2D eigenvalue weighted by Crippen LogP contribution is -2.50. The van der Waals surface area contributed by atoms with Gasteiger partial charge in [0.15, 0.2) is 17.0 Å². The van der Waals surface area contributed by atoms with E-state index in [0.717, 1.165) is 11.1 Å². The van der Waals surface area contributed by atoms with Crippen LogP contribution >= 0.6 is 0 Å². The first kappa shape index (κ1) is 28.6. The first-order valence-electron chi connectivity index (χ1n) is 15.5. The Morgan fingerprint density at radius 2 is 1.40 bits per heavy atom. The second-order valence-corrected chi connectivity index (χ2v) is 12.1. The normalized spacial score (nSPS) is 21.9. The minimum Gasteiger partial charge on any atom is -0.453 e. The summed E-state index contributed by atoms with van der Waals surface area (Å²) in [5, 5.41) is 12.7. The topological polar surface area (TPSA) is 83.9 Å². The van der Waals surface area contributed by atoms with Crippen molar-refractivity contribution in [3.05, 3.63) is 190 Å². The van der Waals surface area contributed by atoms with Gasteiger partial charge in [-0.25, -0.2) is 0 Å². The Morgan fingerprint density at radius 1 is 0.787 bits per heavy atom. The van der Waals surface area contributed by atoms with Crippen LogP contribution in [0.4, 0.5) is 5.69 Å². The van der Waals surface area contributed by atoms with E-state index in [1.54, 1.807) is 77.7 Å². The molecule has 228 valence electrons. The van der Waals surface area contributed by atoms with Gasteiger partial charge in [-0.3, -0.25) is 14.4 Å². The van der Waals surface area contributed by atoms with Crippen molar-refractivity contribution in [2.75, 3.05) is 4.90 Å². The van der Waals surface area contributed by atoms with E-state index in [9.17, 15) is 9.90 Å². The fourth-order valence-electron chi connectivity index (χ4n) is 7.16. The zero-order chi connectivity index (χ0) is 32.3. The van der Waals surface area contributed by atoms with Gasteiger partial charge in [-0.15, -0.1) is 0 Å². The fourth-order valence-corrected chi connectivity index (χ4v) is 7.16. The van der Waals surface area contributed by atoms with Gasteiger partial charge >= 0.3 is 0 Å². The first-order chi connectivity index (χ1) is 22.8. The number of fused-ring (bicyclic) bond motifs is 5. The highest BCUT2D eigenvalue weighted by Crippen LogP contribution is 2.62. The van der Waals surface area contributed by atoms with Crippen LogP contribution in [0, 0.1) is 6.92 Å². The molecule has 1 N–H and O–H groups in total. The zero-order valence-electron chi connectivity index (χ0n) is 25.5. The minimum atomic E-state index is -2.18. The van der Waals surface area contributed by atoms with Gasteiger partial charge < -0.3 is 14.7 Å². The van der Waals surface area contributed by atoms with Crippen LogP contribution in [-0.2, 0) is 27.3 Å². The molecular weight excluding hydrogens is 586 g/mol. The second kappa shape index (κ2) is 10.6. The summed E-state index contributed by atoms with van der Waals surface area (Å²) >= 11 is 0. The summed E-state index contributed by atoms with van der Waals surface area (Å²) in [6.45, 7) is 2.14. The van der Waals surface area contributed by atoms with E-state index < -0.39 is 28.7 Å². The number of anilines is 1. The Morgan fingerprint density at radius 3 is 2.11 bits per heavy atom. The van der Waals surface area contributed by atoms with Gasteiger partial charge in [-0.1, -0.05) is 133 Å². The summed E-state index contributed by atoms with van der Waals surface area (Å²) < 4.78 is 6.59. The van der Waals surface area contributed by atoms with Gasteiger partial charge in [0.05, 0.1) is 6.54 Å². The molecule has 0 aromatic heterocycles. The fraction of sp³-hybridized carbons (Fsp3) is 0.0976. The number of ketones is 2. The second-order valence-electron chi connectivity index (χ2n) is 12.1. The van der Waals surface area contributed by atoms with E-state index >= 15 is 9.59 Å². The van der Waals surface area contributed by atoms with Crippen molar-refractivity contribution in [3.8, 4) is 0 Å². The molecule has 0 fully saturated rings. The zero-order valence-corrected chi connectivity index (χ0v) is 25.5. The Labute approximate surface area is 271 Å². The third-order valence-corrected chi connectivity index (χ3v) is 9.34. The third kappa shape index (κ3) is 4.12. The molecule has 3 aliphatic rings. The largest absolute Gasteiger partial charge is 0.453 e. The number of benzene rings is 5. The number of nitrogens with zero attached hydrogens (tertiary/aromatic N) is 1. The molecule has 8 rings (SSSR count). The van der Waals surface area contributed by atoms with Crippen molar-refractivity contribution in [1.82, 2.24) is 0 Å². The lowest BCUT2D eigenvalue weighted by atomic mass is 9.62. The monoisotopic (exact) mass is 615 g/mol. The Hall–Kier alpha value is -5.85. The van der Waals surface area contributed by atoms with Crippen LogP contribution in [-0.4, -0.2) is 22.6 Å². The number of aliphatic hydroxyl groups is 1. The smallest absolute Gasteiger partial charge is 0.262 e. The summed E-state index contributed by atoms with van der Waals surface area (Å²) in [6, 6.07) is 39.7. The van der Waals surface area contributed by atoms with Gasteiger partial charge in [0.2, 0.25) is 0 Å². The van der Waals surface area contributed by atoms with Gasteiger partial charge in [0, 0.05) is 44.7 Å². The number of allylic oxidation sites excluding steroid dienone is 1. The lowest BCUT2D eigenvalue weighted by Gasteiger charge is -2.34. The quantitative estimate of drug-likeness (QED) is 0.130. The molecule has 6 nitrogen and oxygen atoms in total. The molecule has 0 bridgehead atoms. The van der Waals surface area contributed by atoms with Crippen LogP contribution in [0.1, 0.15) is 48.5 Å². The molecule has 5 aromatic rings. The first-order valence-corrected chi connectivity index (χ1v) is 15.5. The number of carbonyl (C=O) groups excluding carboxylic acids is 3. The molecule has 0 saturated carbocycles. The average Bonchev–Trinajstić information content (AvgIpc) is 3.53. The number of Topliss-reactive ketones (excluding diaryl/α,β-unsaturated/α-hetero) is 1. The molecule has 1 aliphatic carbocycles. The number of rotatable bonds is 5. The molecule has 0 radical (unpaired) electrons. The van der Waals surface area contributed by atoms with Gasteiger partial charge in [-0.05, 0) is 24.6 Å². The summed E-state index contributed by atoms with van der Waals surface area (Å²) in [5.74, 6) is -3.28. The number of aryl methyl sites for hydroxylation is 1. The van der Waals surface area contributed by atoms with Crippen molar-refractivity contribution in [3.63, 3.8) is 0 Å². The van der Waals surface area contributed by atoms with E-state index in [1.807, 2.05) is 67.6 Å². The van der Waals surface area contributed by atoms with Crippen molar-refractivity contribution >= 4 is 28.9 Å². The van der Waals surface area contributed by atoms with E-state index in [2.05, 4.69) is 0 Å². The van der Waals surface area contributed by atoms with Crippen LogP contribution < -0.4 is 4.90 Å². The highest BCUT2D eigenvalue weighted by atomic mass is 16.6. The molecule has 6 heteroatoms. The molecule has 47 heavy (non-hydrogen) atoms. The van der Waals surface area contributed by atoms with E-state index in [4.69, 9.17) is 4.74 Å². The summed E-state index contributed by atoms with van der Waals surface area (Å²) in [4.78, 5) is 46.1. The molecule has 1 amide bonds. The van der Waals surface area contributed by atoms with Crippen LogP contribution in [0.2, 0.25) is 0 Å². The number of amides is 1. The van der Waals surface area contributed by atoms with Crippen LogP contribution in [0.15, 0.2) is 151 Å². The molecule has 1 spiro atoms. The maximum atomic E-state index is 15.3. The minimum absolute atomic E-state index is 0.0535. The number of carbonyl (C=O) groups is 3. The van der Waals surface area contributed by atoms with Crippen molar-refractivity contribution in [2.45, 2.75) is 24.7 Å². The molecule has 0 saturated heterocycles. The number of hydrogen-bond acceptors (Lipinski definition) is 5. The standard InChI is InChI=1S/C41H29NO5/c1-26-21-22-34-32(23-26)40(39(45)42(34)25-27-13-5-2-6-14-27)36-33(24-35(43)28-15-7-3-8-16-28)41(46,29-17-9-4-10-18-29)47-37(36)30-19-11-12-20-31(30)38(40)44/h2-24,46H,25H2,1H3/b33-24-/t40-,41+/m0/s1. The van der Waals surface area contributed by atoms with E-state index in [0.29, 0.717) is 33.5 Å². The Balaban J connectivity index is 1.45. The van der Waals surface area contributed by atoms with Gasteiger partial charge in [0.25, 0.3) is 11.7 Å². The van der Waals surface area contributed by atoms with Crippen molar-refractivity contribution < 1.29 is 24.2 Å². The summed E-state index contributed by atoms with van der Waals surface area (Å²) in [7, 11) is 0. The Bertz CT molecular complexity index is 2170. The molecule has 2 heterocycles. The van der Waals surface area contributed by atoms with Crippen LogP contribution in [0.3, 0.4) is 0 Å². The summed E-state index contributed by atoms with van der Waals surface area (Å²) in [5.41, 5.74) is 2.64. The maximum Gasteiger partial charge on any atom is 0.262 e. The van der Waals surface area contributed by atoms with Crippen LogP contribution in [0.25, 0.3) is 5.76 Å². The van der Waals surface area contributed by atoms with Crippen LogP contribution in [0.5, 0.6) is 0 Å². The predicted octanol–water partition coefficient (Wildman–Crippen LogP) is 7.07. The molecule has 2 atom stereocenters.